The van der Waals surface area contributed by atoms with Crippen LogP contribution in [-0.2, 0) is 7.05 Å². The van der Waals surface area contributed by atoms with Gasteiger partial charge in [-0.05, 0) is 23.6 Å². The molecule has 0 aliphatic rings. The van der Waals surface area contributed by atoms with E-state index in [-0.39, 0.29) is 11.6 Å². The van der Waals surface area contributed by atoms with Gasteiger partial charge in [-0.3, -0.25) is 4.68 Å². The van der Waals surface area contributed by atoms with Crippen LogP contribution in [-0.4, -0.2) is 35.1 Å². The van der Waals surface area contributed by atoms with Crippen LogP contribution in [0.5, 0.6) is 11.5 Å². The van der Waals surface area contributed by atoms with Crippen LogP contribution in [0.15, 0.2) is 12.1 Å². The number of benzene rings is 1. The molecule has 0 unspecified atom stereocenters. The molecule has 0 amide bonds. The normalized spacial score (nSPS) is 10.9. The molecule has 124 valence electrons. The summed E-state index contributed by atoms with van der Waals surface area (Å²) in [5.41, 5.74) is 2.24. The molecule has 0 saturated heterocycles. The van der Waals surface area contributed by atoms with Gasteiger partial charge in [0, 0.05) is 12.6 Å². The van der Waals surface area contributed by atoms with Gasteiger partial charge in [0.15, 0.2) is 17.2 Å². The van der Waals surface area contributed by atoms with Crippen LogP contribution in [0.2, 0.25) is 5.02 Å². The molecule has 0 saturated carbocycles. The molecule has 0 aliphatic carbocycles. The second-order valence-electron chi connectivity index (χ2n) is 5.39. The molecule has 7 heteroatoms. The van der Waals surface area contributed by atoms with Crippen molar-refractivity contribution in [3.8, 4) is 22.8 Å². The SMILES string of the molecule is COc1cc(-c2cc(C(=O)O)nn2C)c(C(C)C)c(Cl)c1OC. The third-order valence-corrected chi connectivity index (χ3v) is 3.98. The van der Waals surface area contributed by atoms with Crippen molar-refractivity contribution >= 4 is 17.6 Å². The fourth-order valence-electron chi connectivity index (χ4n) is 2.57. The number of halogens is 1. The monoisotopic (exact) mass is 338 g/mol. The highest BCUT2D eigenvalue weighted by Crippen LogP contribution is 2.45. The van der Waals surface area contributed by atoms with Crippen molar-refractivity contribution in [1.82, 2.24) is 9.78 Å². The second kappa shape index (κ2) is 6.50. The molecule has 0 radical (unpaired) electrons. The van der Waals surface area contributed by atoms with Crippen LogP contribution in [0, 0.1) is 0 Å². The topological polar surface area (TPSA) is 73.6 Å². The van der Waals surface area contributed by atoms with Gasteiger partial charge in [-0.25, -0.2) is 4.79 Å². The molecule has 6 nitrogen and oxygen atoms in total. The molecular weight excluding hydrogens is 320 g/mol. The standard InChI is InChI=1S/C16H19ClN2O4/c1-8(2)13-9(6-12(22-4)15(23-5)14(13)17)11-7-10(16(20)21)18-19(11)3/h6-8H,1-5H3,(H,20,21). The summed E-state index contributed by atoms with van der Waals surface area (Å²) in [6.45, 7) is 4.01. The maximum absolute atomic E-state index is 11.2. The number of carbonyl (C=O) groups is 1. The van der Waals surface area contributed by atoms with E-state index in [1.807, 2.05) is 13.8 Å². The molecule has 2 aromatic rings. The summed E-state index contributed by atoms with van der Waals surface area (Å²) in [6, 6.07) is 3.31. The van der Waals surface area contributed by atoms with Gasteiger partial charge in [-0.15, -0.1) is 0 Å². The number of rotatable bonds is 5. The minimum absolute atomic E-state index is 0.0249. The smallest absolute Gasteiger partial charge is 0.356 e. The van der Waals surface area contributed by atoms with Gasteiger partial charge in [-0.1, -0.05) is 25.4 Å². The first kappa shape index (κ1) is 17.1. The van der Waals surface area contributed by atoms with E-state index in [4.69, 9.17) is 26.2 Å². The van der Waals surface area contributed by atoms with Gasteiger partial charge in [0.25, 0.3) is 0 Å². The Morgan fingerprint density at radius 3 is 2.39 bits per heavy atom. The lowest BCUT2D eigenvalue weighted by Gasteiger charge is -2.19. The van der Waals surface area contributed by atoms with E-state index in [9.17, 15) is 4.79 Å². The zero-order valence-corrected chi connectivity index (χ0v) is 14.4. The molecule has 0 aliphatic heterocycles. The Hall–Kier alpha value is -2.21. The van der Waals surface area contributed by atoms with Gasteiger partial charge in [0.05, 0.1) is 24.9 Å². The Bertz CT molecular complexity index is 753. The molecule has 0 atom stereocenters. The Labute approximate surface area is 139 Å². The number of carboxylic acids is 1. The lowest BCUT2D eigenvalue weighted by atomic mass is 9.94. The Morgan fingerprint density at radius 2 is 1.96 bits per heavy atom. The fraction of sp³-hybridized carbons (Fsp3) is 0.375. The quantitative estimate of drug-likeness (QED) is 0.902. The Balaban J connectivity index is 2.80. The summed E-state index contributed by atoms with van der Waals surface area (Å²) in [4.78, 5) is 11.2. The lowest BCUT2D eigenvalue weighted by Crippen LogP contribution is -2.03. The van der Waals surface area contributed by atoms with E-state index < -0.39 is 5.97 Å². The number of nitrogens with zero attached hydrogens (tertiary/aromatic N) is 2. The molecule has 2 rings (SSSR count). The number of ether oxygens (including phenoxy) is 2. The highest BCUT2D eigenvalue weighted by atomic mass is 35.5. The molecule has 23 heavy (non-hydrogen) atoms. The first-order valence-corrected chi connectivity index (χ1v) is 7.41. The zero-order valence-electron chi connectivity index (χ0n) is 13.7. The Kier molecular flexibility index (Phi) is 4.85. The van der Waals surface area contributed by atoms with Crippen molar-refractivity contribution < 1.29 is 19.4 Å². The van der Waals surface area contributed by atoms with Gasteiger partial charge >= 0.3 is 5.97 Å². The van der Waals surface area contributed by atoms with Crippen molar-refractivity contribution in [1.29, 1.82) is 0 Å². The van der Waals surface area contributed by atoms with Crippen LogP contribution in [0.1, 0.15) is 35.8 Å². The van der Waals surface area contributed by atoms with Gasteiger partial charge in [0.2, 0.25) is 0 Å². The molecule has 0 spiro atoms. The van der Waals surface area contributed by atoms with E-state index in [2.05, 4.69) is 5.10 Å². The molecule has 1 N–H and O–H groups in total. The van der Waals surface area contributed by atoms with Crippen molar-refractivity contribution in [3.05, 3.63) is 28.4 Å². The number of methoxy groups -OCH3 is 2. The number of aryl methyl sites for hydroxylation is 1. The number of carboxylic acid groups (broad SMARTS) is 1. The molecule has 0 bridgehead atoms. The van der Waals surface area contributed by atoms with E-state index >= 15 is 0 Å². The summed E-state index contributed by atoms with van der Waals surface area (Å²) in [6.07, 6.45) is 0. The molecule has 1 aromatic heterocycles. The van der Waals surface area contributed by atoms with Gasteiger partial charge < -0.3 is 14.6 Å². The van der Waals surface area contributed by atoms with E-state index in [0.29, 0.717) is 22.2 Å². The summed E-state index contributed by atoms with van der Waals surface area (Å²) < 4.78 is 12.2. The van der Waals surface area contributed by atoms with Crippen molar-refractivity contribution in [2.24, 2.45) is 7.05 Å². The summed E-state index contributed by atoms with van der Waals surface area (Å²) >= 11 is 6.51. The Morgan fingerprint density at radius 1 is 1.30 bits per heavy atom. The predicted octanol–water partition coefficient (Wildman–Crippen LogP) is 3.58. The fourth-order valence-corrected chi connectivity index (χ4v) is 3.06. The number of hydrogen-bond donors (Lipinski definition) is 1. The molecule has 0 fully saturated rings. The van der Waals surface area contributed by atoms with Crippen LogP contribution in [0.25, 0.3) is 11.3 Å². The minimum atomic E-state index is -1.08. The third kappa shape index (κ3) is 2.99. The minimum Gasteiger partial charge on any atom is -0.493 e. The van der Waals surface area contributed by atoms with E-state index in [1.54, 1.807) is 13.1 Å². The molecule has 1 aromatic carbocycles. The van der Waals surface area contributed by atoms with E-state index in [1.165, 1.54) is 25.0 Å². The molecular formula is C16H19ClN2O4. The van der Waals surface area contributed by atoms with Crippen LogP contribution in [0.4, 0.5) is 0 Å². The zero-order chi connectivity index (χ0) is 17.3. The summed E-state index contributed by atoms with van der Waals surface area (Å²) in [5, 5.41) is 13.6. The maximum Gasteiger partial charge on any atom is 0.356 e. The van der Waals surface area contributed by atoms with E-state index in [0.717, 1.165) is 11.1 Å². The summed E-state index contributed by atoms with van der Waals surface area (Å²) in [7, 11) is 4.75. The lowest BCUT2D eigenvalue weighted by molar-refractivity contribution is 0.0689. The maximum atomic E-state index is 11.2. The largest absolute Gasteiger partial charge is 0.493 e. The number of aromatic carboxylic acids is 1. The van der Waals surface area contributed by atoms with Crippen molar-refractivity contribution in [3.63, 3.8) is 0 Å². The third-order valence-electron chi connectivity index (χ3n) is 3.60. The highest BCUT2D eigenvalue weighted by molar-refractivity contribution is 6.33. The summed E-state index contributed by atoms with van der Waals surface area (Å²) in [5.74, 6) is -0.0396. The van der Waals surface area contributed by atoms with Gasteiger partial charge in [0.1, 0.15) is 0 Å². The van der Waals surface area contributed by atoms with Crippen molar-refractivity contribution in [2.75, 3.05) is 14.2 Å². The highest BCUT2D eigenvalue weighted by Gasteiger charge is 2.24. The number of aromatic nitrogens is 2. The van der Waals surface area contributed by atoms with Crippen LogP contribution < -0.4 is 9.47 Å². The first-order valence-electron chi connectivity index (χ1n) is 7.03. The van der Waals surface area contributed by atoms with Crippen molar-refractivity contribution in [2.45, 2.75) is 19.8 Å². The number of hydrogen-bond acceptors (Lipinski definition) is 4. The first-order chi connectivity index (χ1) is 10.8. The molecule has 1 heterocycles. The van der Waals surface area contributed by atoms with Crippen LogP contribution >= 0.6 is 11.6 Å². The van der Waals surface area contributed by atoms with Gasteiger partial charge in [-0.2, -0.15) is 5.10 Å². The average Bonchev–Trinajstić information content (AvgIpc) is 2.87. The predicted molar refractivity (Wildman–Crippen MR) is 87.8 cm³/mol. The van der Waals surface area contributed by atoms with Crippen LogP contribution in [0.3, 0.4) is 0 Å². The average molecular weight is 339 g/mol. The second-order valence-corrected chi connectivity index (χ2v) is 5.76.